The molecule has 2 heterocycles. The van der Waals surface area contributed by atoms with Crippen LogP contribution in [0.5, 0.6) is 0 Å². The second kappa shape index (κ2) is 7.07. The summed E-state index contributed by atoms with van der Waals surface area (Å²) in [6.07, 6.45) is 2.37. The van der Waals surface area contributed by atoms with Crippen LogP contribution in [0, 0.1) is 0 Å². The lowest BCUT2D eigenvalue weighted by molar-refractivity contribution is 0.0705. The van der Waals surface area contributed by atoms with Gasteiger partial charge in [-0.1, -0.05) is 38.0 Å². The normalized spacial score (nSPS) is 16.5. The quantitative estimate of drug-likeness (QED) is 0.799. The number of nitrogens with zero attached hydrogens (tertiary/aromatic N) is 3. The number of carbonyl (C=O) groups excluding carboxylic acids is 1. The summed E-state index contributed by atoms with van der Waals surface area (Å²) in [5.74, 6) is 0.314. The molecule has 0 N–H and O–H groups in total. The van der Waals surface area contributed by atoms with E-state index in [1.807, 2.05) is 29.2 Å². The van der Waals surface area contributed by atoms with Gasteiger partial charge < -0.3 is 9.32 Å². The van der Waals surface area contributed by atoms with Crippen LogP contribution in [0.25, 0.3) is 0 Å². The van der Waals surface area contributed by atoms with E-state index in [-0.39, 0.29) is 22.5 Å². The average molecular weight is 391 g/mol. The van der Waals surface area contributed by atoms with Gasteiger partial charge in [0.2, 0.25) is 15.7 Å². The van der Waals surface area contributed by atoms with Crippen molar-refractivity contribution in [3.8, 4) is 0 Å². The van der Waals surface area contributed by atoms with E-state index in [0.717, 1.165) is 6.26 Å². The molecule has 1 saturated heterocycles. The zero-order chi connectivity index (χ0) is 19.8. The third-order valence-electron chi connectivity index (χ3n) is 4.87. The summed E-state index contributed by atoms with van der Waals surface area (Å²) in [4.78, 5) is 14.6. The van der Waals surface area contributed by atoms with Crippen LogP contribution in [0.4, 0.5) is 0 Å². The van der Waals surface area contributed by atoms with Gasteiger partial charge in [0.1, 0.15) is 0 Å². The largest absolute Gasteiger partial charge is 0.412 e. The van der Waals surface area contributed by atoms with Gasteiger partial charge in [-0.05, 0) is 36.0 Å². The topological polar surface area (TPSA) is 93.4 Å². The molecular formula is C19H25N3O4S. The summed E-state index contributed by atoms with van der Waals surface area (Å²) in [6.45, 7) is 7.56. The lowest BCUT2D eigenvalue weighted by Gasteiger charge is -2.30. The van der Waals surface area contributed by atoms with Crippen molar-refractivity contribution in [2.45, 2.75) is 50.2 Å². The molecule has 8 heteroatoms. The Bertz CT molecular complexity index is 919. The van der Waals surface area contributed by atoms with Gasteiger partial charge >= 0.3 is 5.22 Å². The highest BCUT2D eigenvalue weighted by Crippen LogP contribution is 2.29. The smallest absolute Gasteiger partial charge is 0.335 e. The zero-order valence-corrected chi connectivity index (χ0v) is 16.9. The maximum Gasteiger partial charge on any atom is 0.335 e. The molecule has 146 valence electrons. The van der Waals surface area contributed by atoms with Crippen molar-refractivity contribution >= 4 is 15.7 Å². The molecule has 0 atom stereocenters. The van der Waals surface area contributed by atoms with E-state index in [1.165, 1.54) is 5.56 Å². The molecule has 1 aliphatic rings. The van der Waals surface area contributed by atoms with Gasteiger partial charge in [-0.25, -0.2) is 8.42 Å². The molecule has 1 amide bonds. The van der Waals surface area contributed by atoms with Crippen molar-refractivity contribution in [1.29, 1.82) is 0 Å². The number of aromatic nitrogens is 2. The van der Waals surface area contributed by atoms with E-state index >= 15 is 0 Å². The Hall–Kier alpha value is -2.22. The first-order valence-electron chi connectivity index (χ1n) is 8.99. The van der Waals surface area contributed by atoms with Gasteiger partial charge in [0, 0.05) is 30.8 Å². The Morgan fingerprint density at radius 3 is 2.19 bits per heavy atom. The fraction of sp³-hybridized carbons (Fsp3) is 0.526. The van der Waals surface area contributed by atoms with Crippen LogP contribution in [-0.2, 0) is 15.3 Å². The van der Waals surface area contributed by atoms with Gasteiger partial charge in [0.15, 0.2) is 0 Å². The van der Waals surface area contributed by atoms with Crippen molar-refractivity contribution in [3.05, 3.63) is 41.3 Å². The molecule has 0 aliphatic carbocycles. The minimum atomic E-state index is -3.50. The maximum atomic E-state index is 12.7. The second-order valence-corrected chi connectivity index (χ2v) is 9.97. The van der Waals surface area contributed by atoms with E-state index in [1.54, 1.807) is 0 Å². The number of benzene rings is 1. The number of hydrogen-bond acceptors (Lipinski definition) is 6. The van der Waals surface area contributed by atoms with Crippen molar-refractivity contribution in [2.24, 2.45) is 0 Å². The number of likely N-dealkylation sites (tertiary alicyclic amines) is 1. The number of carbonyl (C=O) groups is 1. The molecule has 1 aliphatic heterocycles. The van der Waals surface area contributed by atoms with E-state index in [0.29, 0.717) is 37.4 Å². The van der Waals surface area contributed by atoms with Crippen molar-refractivity contribution in [1.82, 2.24) is 15.1 Å². The standard InChI is InChI=1S/C19H25N3O4S/c1-19(2,3)15-7-5-14(6-8-15)17(23)22-11-9-13(10-12-22)16-20-21-18(26-16)27(4,24)25/h5-8,13H,9-12H2,1-4H3. The number of piperidine rings is 1. The average Bonchev–Trinajstić information content (AvgIpc) is 3.11. The predicted molar refractivity (Wildman–Crippen MR) is 100 cm³/mol. The van der Waals surface area contributed by atoms with Crippen LogP contribution in [-0.4, -0.2) is 48.8 Å². The minimum absolute atomic E-state index is 0.0104. The first kappa shape index (κ1) is 19.5. The van der Waals surface area contributed by atoms with Gasteiger partial charge in [-0.3, -0.25) is 4.79 Å². The third-order valence-corrected chi connectivity index (χ3v) is 5.67. The molecule has 1 aromatic heterocycles. The third kappa shape index (κ3) is 4.37. The van der Waals surface area contributed by atoms with Gasteiger partial charge in [-0.2, -0.15) is 0 Å². The van der Waals surface area contributed by atoms with Gasteiger partial charge in [-0.15, -0.1) is 5.10 Å². The van der Waals surface area contributed by atoms with Crippen LogP contribution < -0.4 is 0 Å². The molecular weight excluding hydrogens is 366 g/mol. The lowest BCUT2D eigenvalue weighted by Crippen LogP contribution is -2.38. The lowest BCUT2D eigenvalue weighted by atomic mass is 9.86. The second-order valence-electron chi connectivity index (χ2n) is 8.07. The van der Waals surface area contributed by atoms with Crippen molar-refractivity contribution < 1.29 is 17.6 Å². The molecule has 2 aromatic rings. The molecule has 1 aromatic carbocycles. The van der Waals surface area contributed by atoms with Crippen LogP contribution in [0.15, 0.2) is 33.9 Å². The van der Waals surface area contributed by atoms with Crippen LogP contribution in [0.3, 0.4) is 0 Å². The van der Waals surface area contributed by atoms with Crippen molar-refractivity contribution in [3.63, 3.8) is 0 Å². The summed E-state index contributed by atoms with van der Waals surface area (Å²) in [7, 11) is -3.50. The summed E-state index contributed by atoms with van der Waals surface area (Å²) in [5, 5.41) is 7.12. The first-order valence-corrected chi connectivity index (χ1v) is 10.9. The fourth-order valence-electron chi connectivity index (χ4n) is 3.16. The van der Waals surface area contributed by atoms with E-state index < -0.39 is 9.84 Å². The summed E-state index contributed by atoms with van der Waals surface area (Å²) in [6, 6.07) is 7.77. The van der Waals surface area contributed by atoms with Crippen LogP contribution >= 0.6 is 0 Å². The van der Waals surface area contributed by atoms with Gasteiger partial charge in [0.05, 0.1) is 0 Å². The predicted octanol–water partition coefficient (Wildman–Crippen LogP) is 2.79. The highest BCUT2D eigenvalue weighted by molar-refractivity contribution is 7.90. The molecule has 0 saturated carbocycles. The molecule has 0 unspecified atom stereocenters. The molecule has 3 rings (SSSR count). The molecule has 0 bridgehead atoms. The molecule has 1 fully saturated rings. The maximum absolute atomic E-state index is 12.7. The van der Waals surface area contributed by atoms with Gasteiger partial charge in [0.25, 0.3) is 5.91 Å². The Kier molecular flexibility index (Phi) is 5.12. The fourth-order valence-corrected chi connectivity index (χ4v) is 3.59. The summed E-state index contributed by atoms with van der Waals surface area (Å²) >= 11 is 0. The van der Waals surface area contributed by atoms with Crippen LogP contribution in [0.1, 0.15) is 61.3 Å². The molecule has 7 nitrogen and oxygen atoms in total. The van der Waals surface area contributed by atoms with Crippen LogP contribution in [0.2, 0.25) is 0 Å². The Labute approximate surface area is 159 Å². The highest BCUT2D eigenvalue weighted by Gasteiger charge is 2.29. The minimum Gasteiger partial charge on any atom is -0.412 e. The number of sulfone groups is 1. The van der Waals surface area contributed by atoms with E-state index in [2.05, 4.69) is 31.0 Å². The number of amides is 1. The number of hydrogen-bond donors (Lipinski definition) is 0. The Balaban J connectivity index is 1.63. The zero-order valence-electron chi connectivity index (χ0n) is 16.1. The van der Waals surface area contributed by atoms with E-state index in [9.17, 15) is 13.2 Å². The SMILES string of the molecule is CC(C)(C)c1ccc(C(=O)N2CCC(c3nnc(S(C)(=O)=O)o3)CC2)cc1. The summed E-state index contributed by atoms with van der Waals surface area (Å²) in [5.41, 5.74) is 1.92. The Morgan fingerprint density at radius 2 is 1.70 bits per heavy atom. The van der Waals surface area contributed by atoms with Crippen molar-refractivity contribution in [2.75, 3.05) is 19.3 Å². The number of rotatable bonds is 3. The van der Waals surface area contributed by atoms with E-state index in [4.69, 9.17) is 4.42 Å². The Morgan fingerprint density at radius 1 is 1.11 bits per heavy atom. The molecule has 0 spiro atoms. The molecule has 27 heavy (non-hydrogen) atoms. The summed E-state index contributed by atoms with van der Waals surface area (Å²) < 4.78 is 28.2. The molecule has 0 radical (unpaired) electrons. The monoisotopic (exact) mass is 391 g/mol. The highest BCUT2D eigenvalue weighted by atomic mass is 32.2. The first-order chi connectivity index (χ1) is 12.6.